The molecule has 0 bridgehead atoms. The summed E-state index contributed by atoms with van der Waals surface area (Å²) < 4.78 is 5.82. The largest absolute Gasteiger partial charge is 0.438 e. The SMILES string of the molecule is Cc1ccc(C#N)cc1Oc1nc(Cl)nc2sccc12. The number of rotatable bonds is 2. The number of fused-ring (bicyclic) bond motifs is 1. The molecule has 3 rings (SSSR count). The molecule has 20 heavy (non-hydrogen) atoms. The van der Waals surface area contributed by atoms with Gasteiger partial charge < -0.3 is 4.74 Å². The predicted octanol–water partition coefficient (Wildman–Crippen LogP) is 4.32. The lowest BCUT2D eigenvalue weighted by Crippen LogP contribution is -1.93. The zero-order chi connectivity index (χ0) is 14.1. The van der Waals surface area contributed by atoms with Crippen LogP contribution in [0.1, 0.15) is 11.1 Å². The Bertz CT molecular complexity index is 838. The highest BCUT2D eigenvalue weighted by atomic mass is 35.5. The number of aryl methyl sites for hydroxylation is 1. The molecule has 98 valence electrons. The average molecular weight is 302 g/mol. The quantitative estimate of drug-likeness (QED) is 0.661. The van der Waals surface area contributed by atoms with Crippen molar-refractivity contribution in [2.24, 2.45) is 0 Å². The Hall–Kier alpha value is -2.16. The average Bonchev–Trinajstić information content (AvgIpc) is 2.89. The van der Waals surface area contributed by atoms with Crippen LogP contribution >= 0.6 is 22.9 Å². The van der Waals surface area contributed by atoms with E-state index >= 15 is 0 Å². The van der Waals surface area contributed by atoms with Crippen LogP contribution in [0.3, 0.4) is 0 Å². The lowest BCUT2D eigenvalue weighted by molar-refractivity contribution is 0.465. The first-order chi connectivity index (χ1) is 9.67. The smallest absolute Gasteiger partial charge is 0.232 e. The molecule has 1 aromatic carbocycles. The predicted molar refractivity (Wildman–Crippen MR) is 78.4 cm³/mol. The molecule has 0 radical (unpaired) electrons. The Morgan fingerprint density at radius 3 is 2.95 bits per heavy atom. The lowest BCUT2D eigenvalue weighted by atomic mass is 10.1. The molecule has 0 spiro atoms. The zero-order valence-electron chi connectivity index (χ0n) is 10.4. The van der Waals surface area contributed by atoms with Gasteiger partial charge in [0, 0.05) is 0 Å². The van der Waals surface area contributed by atoms with E-state index in [0.717, 1.165) is 15.8 Å². The summed E-state index contributed by atoms with van der Waals surface area (Å²) in [4.78, 5) is 9.03. The van der Waals surface area contributed by atoms with Crippen LogP contribution in [0.2, 0.25) is 5.28 Å². The van der Waals surface area contributed by atoms with E-state index < -0.39 is 0 Å². The Labute approximate surface area is 124 Å². The lowest BCUT2D eigenvalue weighted by Gasteiger charge is -2.09. The fraction of sp³-hybridized carbons (Fsp3) is 0.0714. The Morgan fingerprint density at radius 1 is 1.30 bits per heavy atom. The van der Waals surface area contributed by atoms with Crippen LogP contribution < -0.4 is 4.74 Å². The van der Waals surface area contributed by atoms with Crippen molar-refractivity contribution in [1.82, 2.24) is 9.97 Å². The number of aromatic nitrogens is 2. The topological polar surface area (TPSA) is 58.8 Å². The molecular formula is C14H8ClN3OS. The summed E-state index contributed by atoms with van der Waals surface area (Å²) in [5.74, 6) is 0.991. The van der Waals surface area contributed by atoms with E-state index in [0.29, 0.717) is 17.2 Å². The van der Waals surface area contributed by atoms with Crippen molar-refractivity contribution in [1.29, 1.82) is 5.26 Å². The van der Waals surface area contributed by atoms with Crippen molar-refractivity contribution in [2.75, 3.05) is 0 Å². The molecule has 6 heteroatoms. The van der Waals surface area contributed by atoms with E-state index in [2.05, 4.69) is 16.0 Å². The third-order valence-corrected chi connectivity index (χ3v) is 3.76. The van der Waals surface area contributed by atoms with Gasteiger partial charge in [-0.05, 0) is 47.7 Å². The van der Waals surface area contributed by atoms with Crippen LogP contribution in [0, 0.1) is 18.3 Å². The zero-order valence-corrected chi connectivity index (χ0v) is 12.0. The number of ether oxygens (including phenoxy) is 1. The first-order valence-electron chi connectivity index (χ1n) is 5.77. The standard InChI is InChI=1S/C14H8ClN3OS/c1-8-2-3-9(7-16)6-11(8)19-12-10-4-5-20-13(10)18-14(15)17-12/h2-6H,1H3. The maximum Gasteiger partial charge on any atom is 0.232 e. The van der Waals surface area contributed by atoms with Crippen molar-refractivity contribution >= 4 is 33.2 Å². The molecule has 2 aromatic heterocycles. The molecule has 0 aliphatic heterocycles. The molecule has 2 heterocycles. The van der Waals surface area contributed by atoms with Gasteiger partial charge in [-0.1, -0.05) is 6.07 Å². The van der Waals surface area contributed by atoms with E-state index in [1.54, 1.807) is 12.1 Å². The van der Waals surface area contributed by atoms with Crippen LogP contribution in [-0.4, -0.2) is 9.97 Å². The van der Waals surface area contributed by atoms with E-state index in [-0.39, 0.29) is 5.28 Å². The van der Waals surface area contributed by atoms with E-state index in [4.69, 9.17) is 21.6 Å². The van der Waals surface area contributed by atoms with Crippen LogP contribution in [0.4, 0.5) is 0 Å². The van der Waals surface area contributed by atoms with Gasteiger partial charge in [0.25, 0.3) is 0 Å². The summed E-state index contributed by atoms with van der Waals surface area (Å²) in [6, 6.07) is 9.24. The number of halogens is 1. The molecule has 0 saturated carbocycles. The molecule has 0 N–H and O–H groups in total. The van der Waals surface area contributed by atoms with Crippen molar-refractivity contribution in [3.63, 3.8) is 0 Å². The minimum Gasteiger partial charge on any atom is -0.438 e. The number of nitriles is 1. The highest BCUT2D eigenvalue weighted by Gasteiger charge is 2.11. The van der Waals surface area contributed by atoms with Gasteiger partial charge in [0.15, 0.2) is 0 Å². The normalized spacial score (nSPS) is 10.4. The number of hydrogen-bond donors (Lipinski definition) is 0. The van der Waals surface area contributed by atoms with Gasteiger partial charge in [-0.15, -0.1) is 11.3 Å². The van der Waals surface area contributed by atoms with E-state index in [9.17, 15) is 0 Å². The molecule has 0 aliphatic rings. The van der Waals surface area contributed by atoms with Crippen LogP contribution in [0.25, 0.3) is 10.2 Å². The van der Waals surface area contributed by atoms with Crippen molar-refractivity contribution in [3.8, 4) is 17.7 Å². The Kier molecular flexibility index (Phi) is 3.26. The van der Waals surface area contributed by atoms with Gasteiger partial charge in [0.2, 0.25) is 11.2 Å². The highest BCUT2D eigenvalue weighted by Crippen LogP contribution is 2.32. The molecule has 0 atom stereocenters. The molecule has 0 saturated heterocycles. The van der Waals surface area contributed by atoms with Crippen LogP contribution in [0.5, 0.6) is 11.6 Å². The molecule has 0 aliphatic carbocycles. The van der Waals surface area contributed by atoms with Gasteiger partial charge in [-0.3, -0.25) is 0 Å². The second kappa shape index (κ2) is 5.08. The van der Waals surface area contributed by atoms with Crippen molar-refractivity contribution < 1.29 is 4.74 Å². The van der Waals surface area contributed by atoms with Gasteiger partial charge in [-0.2, -0.15) is 10.2 Å². The molecule has 4 nitrogen and oxygen atoms in total. The summed E-state index contributed by atoms with van der Waals surface area (Å²) in [7, 11) is 0. The molecule has 0 unspecified atom stereocenters. The monoisotopic (exact) mass is 301 g/mol. The minimum absolute atomic E-state index is 0.143. The summed E-state index contributed by atoms with van der Waals surface area (Å²) in [6.45, 7) is 1.91. The maximum absolute atomic E-state index is 8.95. The summed E-state index contributed by atoms with van der Waals surface area (Å²) >= 11 is 7.37. The van der Waals surface area contributed by atoms with Crippen LogP contribution in [-0.2, 0) is 0 Å². The van der Waals surface area contributed by atoms with Crippen molar-refractivity contribution in [2.45, 2.75) is 6.92 Å². The highest BCUT2D eigenvalue weighted by molar-refractivity contribution is 7.16. The summed E-state index contributed by atoms with van der Waals surface area (Å²) in [6.07, 6.45) is 0. The number of nitrogens with zero attached hydrogens (tertiary/aromatic N) is 3. The van der Waals surface area contributed by atoms with Gasteiger partial charge in [0.1, 0.15) is 10.6 Å². The summed E-state index contributed by atoms with van der Waals surface area (Å²) in [5.41, 5.74) is 1.45. The van der Waals surface area contributed by atoms with Crippen molar-refractivity contribution in [3.05, 3.63) is 46.1 Å². The first-order valence-corrected chi connectivity index (χ1v) is 7.02. The molecule has 0 amide bonds. The molecular weight excluding hydrogens is 294 g/mol. The fourth-order valence-corrected chi connectivity index (χ4v) is 2.73. The minimum atomic E-state index is 0.143. The molecule has 0 fully saturated rings. The van der Waals surface area contributed by atoms with Crippen LogP contribution in [0.15, 0.2) is 29.6 Å². The Balaban J connectivity index is 2.09. The van der Waals surface area contributed by atoms with E-state index in [1.165, 1.54) is 11.3 Å². The second-order valence-corrected chi connectivity index (χ2v) is 5.36. The van der Waals surface area contributed by atoms with E-state index in [1.807, 2.05) is 24.4 Å². The third kappa shape index (κ3) is 2.31. The maximum atomic E-state index is 8.95. The van der Waals surface area contributed by atoms with Gasteiger partial charge >= 0.3 is 0 Å². The number of benzene rings is 1. The first kappa shape index (κ1) is 12.9. The second-order valence-electron chi connectivity index (χ2n) is 4.13. The third-order valence-electron chi connectivity index (χ3n) is 2.79. The van der Waals surface area contributed by atoms with Gasteiger partial charge in [0.05, 0.1) is 17.0 Å². The Morgan fingerprint density at radius 2 is 2.15 bits per heavy atom. The summed E-state index contributed by atoms with van der Waals surface area (Å²) in [5, 5.41) is 11.8. The van der Waals surface area contributed by atoms with Gasteiger partial charge in [-0.25, -0.2) is 4.98 Å². The number of thiophene rings is 1. The molecule has 3 aromatic rings. The fourth-order valence-electron chi connectivity index (χ4n) is 1.76. The number of hydrogen-bond acceptors (Lipinski definition) is 5.